The van der Waals surface area contributed by atoms with Crippen LogP contribution in [0.15, 0.2) is 12.2 Å². The van der Waals surface area contributed by atoms with Crippen LogP contribution in [0.25, 0.3) is 0 Å². The first kappa shape index (κ1) is 80.8. The molecule has 13 atom stereocenters. The van der Waals surface area contributed by atoms with Gasteiger partial charge in [0.05, 0.1) is 11.7 Å². The van der Waals surface area contributed by atoms with E-state index in [4.69, 9.17) is 0 Å². The molecule has 1 aliphatic heterocycles. The molecule has 1 rings (SSSR count). The van der Waals surface area contributed by atoms with Crippen molar-refractivity contribution in [1.29, 1.82) is 0 Å². The highest BCUT2D eigenvalue weighted by Gasteiger charge is 2.46. The predicted octanol–water partition coefficient (Wildman–Crippen LogP) is 3.55. The summed E-state index contributed by atoms with van der Waals surface area (Å²) in [6, 6.07) is -14.2. The number of rotatable bonds is 17. The molecule has 0 aromatic carbocycles. The van der Waals surface area contributed by atoms with E-state index < -0.39 is 161 Å². The molecular weight excluding hydrogens is 1140 g/mol. The first-order chi connectivity index (χ1) is 41.0. The van der Waals surface area contributed by atoms with Gasteiger partial charge in [0.15, 0.2) is 0 Å². The molecule has 6 N–H and O–H groups in total. The average Bonchev–Trinajstić information content (AvgIpc) is 2.33. The lowest BCUT2D eigenvalue weighted by atomic mass is 9.91. The first-order valence-electron chi connectivity index (χ1n) is 32.1. The van der Waals surface area contributed by atoms with E-state index in [0.29, 0.717) is 12.8 Å². The van der Waals surface area contributed by atoms with E-state index in [1.54, 1.807) is 67.5 Å². The summed E-state index contributed by atoms with van der Waals surface area (Å²) in [5.41, 5.74) is -1.56. The summed E-state index contributed by atoms with van der Waals surface area (Å²) in [7, 11) is 9.82. The van der Waals surface area contributed by atoms with Gasteiger partial charge in [0.1, 0.15) is 66.5 Å². The van der Waals surface area contributed by atoms with Crippen LogP contribution in [-0.2, 0) is 52.7 Å². The highest BCUT2D eigenvalue weighted by molar-refractivity contribution is 6.00. The predicted molar refractivity (Wildman–Crippen MR) is 344 cm³/mol. The summed E-state index contributed by atoms with van der Waals surface area (Å²) in [4.78, 5) is 171. The van der Waals surface area contributed by atoms with Crippen molar-refractivity contribution in [2.45, 2.75) is 254 Å². The van der Waals surface area contributed by atoms with Crippen molar-refractivity contribution >= 4 is 65.0 Å². The van der Waals surface area contributed by atoms with Gasteiger partial charge in [-0.05, 0) is 109 Å². The summed E-state index contributed by atoms with van der Waals surface area (Å²) in [6.07, 6.45) is 2.86. The number of nitrogens with one attached hydrogen (secondary N) is 4. The van der Waals surface area contributed by atoms with E-state index in [9.17, 15) is 43.8 Å². The minimum absolute atomic E-state index is 0.0146. The molecule has 0 aromatic rings. The van der Waals surface area contributed by atoms with Crippen LogP contribution < -0.4 is 21.3 Å². The third kappa shape index (κ3) is 22.6. The second kappa shape index (κ2) is 36.0. The molecule has 1 fully saturated rings. The standard InChI is InChI=1S/C65H117N11O13/c1-26-29-31-41(14)53(77)52-57(81)68-44(28-3)59(83)70(19)45(30-27-2)60(84)74(23)49(35-65(17,18)89)56(80)69-50(39(10)11)63(87)71(20)46(32-36(4)5)55(79)66-42(15)54(78)67-43(16)58(82)72(21)47(33-37(6)7)61(85)73(22)48(34-38(8)9)62(86)75(24)51(40(12)13)64(88)76(52)25/h26,29,36-53,77,89H,27-28,30-35H2,1-25H3,(H,66,79)(H,67,78)(H,68,81)(H,69,80)/b29-26+/t41-,42+,43-,44+,45?,46+,47+,48+,49+,50+,51+,52+,53-/m1/s1. The van der Waals surface area contributed by atoms with Gasteiger partial charge in [-0.1, -0.05) is 109 Å². The molecular formula is C65H117N11O13. The SMILES string of the molecule is C/C=C/C[C@@H](C)[C@@H](O)[C@H]1C(=O)N[C@@H](CC)C(=O)N(C)C(CCC)C(=O)N(C)[C@@H](CC(C)(C)O)C(=O)N[C@@H](C(C)C)C(=O)N(C)[C@@H](CC(C)C)C(=O)N[C@@H](C)C(=O)N[C@H](C)C(=O)N(C)[C@@H](CC(C)C)C(=O)N(C)[C@@H](CC(C)C)C(=O)N(C)[C@@H](C(C)C)C(=O)N1C. The highest BCUT2D eigenvalue weighted by atomic mass is 16.3. The Morgan fingerprint density at radius 1 is 0.472 bits per heavy atom. The number of nitrogens with zero attached hydrogens (tertiary/aromatic N) is 7. The Balaban J connectivity index is 4.48. The van der Waals surface area contributed by atoms with Crippen LogP contribution in [0.1, 0.15) is 176 Å². The molecule has 0 radical (unpaired) electrons. The number of allylic oxidation sites excluding steroid dienone is 2. The van der Waals surface area contributed by atoms with E-state index in [-0.39, 0.29) is 56.3 Å². The third-order valence-electron chi connectivity index (χ3n) is 16.9. The molecule has 0 aliphatic carbocycles. The van der Waals surface area contributed by atoms with Crippen molar-refractivity contribution < 1.29 is 63.0 Å². The Bertz CT molecular complexity index is 2440. The molecule has 0 aromatic heterocycles. The molecule has 0 saturated carbocycles. The molecule has 24 heteroatoms. The average molecular weight is 1260 g/mol. The van der Waals surface area contributed by atoms with Crippen molar-refractivity contribution in [2.24, 2.45) is 35.5 Å². The quantitative estimate of drug-likeness (QED) is 0.114. The number of hydrogen-bond donors (Lipinski definition) is 6. The summed E-state index contributed by atoms with van der Waals surface area (Å²) >= 11 is 0. The minimum atomic E-state index is -1.64. The van der Waals surface area contributed by atoms with Crippen LogP contribution in [0.3, 0.4) is 0 Å². The summed E-state index contributed by atoms with van der Waals surface area (Å²) in [5, 5.41) is 34.4. The Hall–Kier alpha value is -6.17. The zero-order valence-electron chi connectivity index (χ0n) is 58.7. The second-order valence-electron chi connectivity index (χ2n) is 27.5. The lowest BCUT2D eigenvalue weighted by Gasteiger charge is -2.41. The van der Waals surface area contributed by atoms with Gasteiger partial charge in [-0.25, -0.2) is 0 Å². The highest BCUT2D eigenvalue weighted by Crippen LogP contribution is 2.27. The van der Waals surface area contributed by atoms with E-state index in [2.05, 4.69) is 21.3 Å². The van der Waals surface area contributed by atoms with Crippen LogP contribution >= 0.6 is 0 Å². The van der Waals surface area contributed by atoms with Crippen molar-refractivity contribution in [3.63, 3.8) is 0 Å². The number of hydrogen-bond acceptors (Lipinski definition) is 13. The summed E-state index contributed by atoms with van der Waals surface area (Å²) in [6.45, 7) is 30.7. The number of likely N-dealkylation sites (N-methyl/N-ethyl adjacent to an activating group) is 7. The molecule has 11 amide bonds. The molecule has 0 bridgehead atoms. The van der Waals surface area contributed by atoms with Gasteiger partial charge in [0.2, 0.25) is 65.0 Å². The van der Waals surface area contributed by atoms with E-state index in [1.807, 2.05) is 41.5 Å². The third-order valence-corrected chi connectivity index (χ3v) is 16.9. The lowest BCUT2D eigenvalue weighted by Crippen LogP contribution is -2.64. The van der Waals surface area contributed by atoms with Crippen molar-refractivity contribution in [1.82, 2.24) is 55.6 Å². The van der Waals surface area contributed by atoms with Gasteiger partial charge < -0.3 is 65.8 Å². The first-order valence-corrected chi connectivity index (χ1v) is 32.1. The maximum Gasteiger partial charge on any atom is 0.246 e. The Labute approximate surface area is 532 Å². The molecule has 1 unspecified atom stereocenters. The number of aliphatic hydroxyl groups excluding tert-OH is 1. The summed E-state index contributed by atoms with van der Waals surface area (Å²) in [5.74, 6) is -10.2. The number of aliphatic hydroxyl groups is 2. The number of amides is 11. The fourth-order valence-corrected chi connectivity index (χ4v) is 11.4. The zero-order valence-corrected chi connectivity index (χ0v) is 58.7. The minimum Gasteiger partial charge on any atom is -0.390 e. The van der Waals surface area contributed by atoms with Gasteiger partial charge in [-0.15, -0.1) is 0 Å². The molecule has 24 nitrogen and oxygen atoms in total. The number of carbonyl (C=O) groups excluding carboxylic acids is 11. The molecule has 1 saturated heterocycles. The summed E-state index contributed by atoms with van der Waals surface area (Å²) < 4.78 is 0. The number of carbonyl (C=O) groups is 11. The second-order valence-corrected chi connectivity index (χ2v) is 27.5. The van der Waals surface area contributed by atoms with Gasteiger partial charge in [0.25, 0.3) is 0 Å². The van der Waals surface area contributed by atoms with Gasteiger partial charge in [0, 0.05) is 55.8 Å². The topological polar surface area (TPSA) is 299 Å². The van der Waals surface area contributed by atoms with E-state index in [0.717, 1.165) is 9.80 Å². The van der Waals surface area contributed by atoms with E-state index >= 15 is 19.2 Å². The van der Waals surface area contributed by atoms with Crippen molar-refractivity contribution in [2.75, 3.05) is 49.3 Å². The Kier molecular flexibility index (Phi) is 32.7. The maximum absolute atomic E-state index is 15.2. The van der Waals surface area contributed by atoms with E-state index in [1.165, 1.54) is 102 Å². The Morgan fingerprint density at radius 2 is 0.888 bits per heavy atom. The van der Waals surface area contributed by atoms with Crippen LogP contribution in [0.4, 0.5) is 0 Å². The fraction of sp³-hybridized carbons (Fsp3) is 0.800. The van der Waals surface area contributed by atoms with Crippen LogP contribution in [0.2, 0.25) is 0 Å². The normalized spacial score (nSPS) is 27.2. The van der Waals surface area contributed by atoms with Crippen LogP contribution in [-0.4, -0.2) is 237 Å². The fourth-order valence-electron chi connectivity index (χ4n) is 11.4. The van der Waals surface area contributed by atoms with Crippen molar-refractivity contribution in [3.8, 4) is 0 Å². The molecule has 1 aliphatic rings. The Morgan fingerprint density at radius 3 is 1.34 bits per heavy atom. The van der Waals surface area contributed by atoms with Crippen LogP contribution in [0, 0.1) is 35.5 Å². The smallest absolute Gasteiger partial charge is 0.246 e. The molecule has 510 valence electrons. The molecule has 0 spiro atoms. The molecule has 89 heavy (non-hydrogen) atoms. The van der Waals surface area contributed by atoms with Crippen molar-refractivity contribution in [3.05, 3.63) is 12.2 Å². The molecule has 1 heterocycles. The van der Waals surface area contributed by atoms with Gasteiger partial charge in [-0.3, -0.25) is 52.7 Å². The maximum atomic E-state index is 15.2. The zero-order chi connectivity index (χ0) is 69.2. The lowest BCUT2D eigenvalue weighted by molar-refractivity contribution is -0.157. The monoisotopic (exact) mass is 1260 g/mol. The van der Waals surface area contributed by atoms with Gasteiger partial charge >= 0.3 is 0 Å². The largest absolute Gasteiger partial charge is 0.390 e. The van der Waals surface area contributed by atoms with Crippen LogP contribution in [0.5, 0.6) is 0 Å². The van der Waals surface area contributed by atoms with Gasteiger partial charge in [-0.2, -0.15) is 0 Å².